The monoisotopic (exact) mass is 357 g/mol. The second-order valence-electron chi connectivity index (χ2n) is 6.33. The second kappa shape index (κ2) is 6.16. The van der Waals surface area contributed by atoms with E-state index in [0.717, 1.165) is 22.3 Å². The van der Waals surface area contributed by atoms with Crippen LogP contribution < -0.4 is 5.56 Å². The molecule has 1 aliphatic rings. The van der Waals surface area contributed by atoms with Gasteiger partial charge in [-0.3, -0.25) is 14.3 Å². The van der Waals surface area contributed by atoms with Crippen molar-refractivity contribution >= 4 is 11.7 Å². The van der Waals surface area contributed by atoms with Gasteiger partial charge in [-0.15, -0.1) is 0 Å². The van der Waals surface area contributed by atoms with E-state index < -0.39 is 36.8 Å². The van der Waals surface area contributed by atoms with Gasteiger partial charge in [0.1, 0.15) is 18.9 Å². The molecule has 1 fully saturated rings. The molecule has 1 atom stereocenters. The maximum atomic E-state index is 12.9. The lowest BCUT2D eigenvalue weighted by molar-refractivity contribution is -0.166. The second-order valence-corrected chi connectivity index (χ2v) is 6.33. The first-order chi connectivity index (χ1) is 11.7. The van der Waals surface area contributed by atoms with Gasteiger partial charge in [0.05, 0.1) is 0 Å². The van der Waals surface area contributed by atoms with E-state index in [4.69, 9.17) is 0 Å². The summed E-state index contributed by atoms with van der Waals surface area (Å²) in [4.78, 5) is 33.5. The number of halogens is 3. The molecule has 2 heterocycles. The summed E-state index contributed by atoms with van der Waals surface area (Å²) in [6.07, 6.45) is -1.55. The number of nitrogens with zero attached hydrogens (tertiary/aromatic N) is 5. The van der Waals surface area contributed by atoms with Crippen LogP contribution in [0.15, 0.2) is 17.1 Å². The molecule has 3 rings (SSSR count). The first kappa shape index (κ1) is 17.4. The van der Waals surface area contributed by atoms with Gasteiger partial charge >= 0.3 is 6.18 Å². The molecular formula is C15H18F3N5O2. The fourth-order valence-corrected chi connectivity index (χ4v) is 2.93. The number of carbonyl (C=O) groups excluding carboxylic acids is 1. The van der Waals surface area contributed by atoms with Gasteiger partial charge in [0.2, 0.25) is 5.91 Å². The molecule has 0 N–H and O–H groups in total. The average molecular weight is 357 g/mol. The molecule has 1 unspecified atom stereocenters. The summed E-state index contributed by atoms with van der Waals surface area (Å²) < 4.78 is 41.1. The number of aryl methyl sites for hydroxylation is 1. The topological polar surface area (TPSA) is 72.5 Å². The third-order valence-corrected chi connectivity index (χ3v) is 4.43. The van der Waals surface area contributed by atoms with Crippen LogP contribution in [0.3, 0.4) is 0 Å². The Hall–Kier alpha value is -2.39. The van der Waals surface area contributed by atoms with E-state index in [2.05, 4.69) is 9.97 Å². The van der Waals surface area contributed by atoms with Gasteiger partial charge in [-0.05, 0) is 32.6 Å². The zero-order valence-corrected chi connectivity index (χ0v) is 13.8. The molecule has 0 radical (unpaired) electrons. The van der Waals surface area contributed by atoms with Crippen LogP contribution in [0, 0.1) is 12.8 Å². The number of amides is 1. The van der Waals surface area contributed by atoms with Crippen LogP contribution in [0.4, 0.5) is 13.2 Å². The van der Waals surface area contributed by atoms with E-state index in [0.29, 0.717) is 5.82 Å². The molecule has 2 aromatic rings. The Balaban J connectivity index is 1.91. The molecule has 1 saturated carbocycles. The van der Waals surface area contributed by atoms with Crippen molar-refractivity contribution < 1.29 is 18.0 Å². The largest absolute Gasteiger partial charge is 0.406 e. The number of hydrogen-bond donors (Lipinski definition) is 0. The SMILES string of the molecule is Cc1nc2nccc(=O)n2n1CC(=O)N(CC(F)(F)F)C(C)C1CC1. The highest BCUT2D eigenvalue weighted by Crippen LogP contribution is 2.36. The van der Waals surface area contributed by atoms with Gasteiger partial charge in [0.15, 0.2) is 0 Å². The van der Waals surface area contributed by atoms with Gasteiger partial charge in [-0.2, -0.15) is 22.7 Å². The molecule has 7 nitrogen and oxygen atoms in total. The third kappa shape index (κ3) is 3.67. The van der Waals surface area contributed by atoms with Gasteiger partial charge in [-0.25, -0.2) is 4.98 Å². The maximum absolute atomic E-state index is 12.9. The van der Waals surface area contributed by atoms with Gasteiger partial charge in [0.25, 0.3) is 11.3 Å². The zero-order valence-electron chi connectivity index (χ0n) is 13.8. The summed E-state index contributed by atoms with van der Waals surface area (Å²) in [6, 6.07) is 0.703. The molecule has 0 bridgehead atoms. The summed E-state index contributed by atoms with van der Waals surface area (Å²) in [5, 5.41) is 0. The number of rotatable bonds is 5. The minimum absolute atomic E-state index is 0.0938. The summed E-state index contributed by atoms with van der Waals surface area (Å²) in [5.74, 6) is -0.170. The number of carbonyl (C=O) groups is 1. The summed E-state index contributed by atoms with van der Waals surface area (Å²) in [6.45, 7) is 1.50. The molecule has 136 valence electrons. The van der Waals surface area contributed by atoms with Gasteiger partial charge in [-0.1, -0.05) is 0 Å². The van der Waals surface area contributed by atoms with Crippen LogP contribution in [0.1, 0.15) is 25.6 Å². The Labute approximate surface area is 141 Å². The van der Waals surface area contributed by atoms with Crippen LogP contribution in [0.5, 0.6) is 0 Å². The van der Waals surface area contributed by atoms with Crippen molar-refractivity contribution in [1.82, 2.24) is 24.1 Å². The fraction of sp³-hybridized carbons (Fsp3) is 0.600. The fourth-order valence-electron chi connectivity index (χ4n) is 2.93. The van der Waals surface area contributed by atoms with Crippen molar-refractivity contribution in [2.75, 3.05) is 6.54 Å². The number of hydrogen-bond acceptors (Lipinski definition) is 4. The van der Waals surface area contributed by atoms with Gasteiger partial charge < -0.3 is 4.90 Å². The van der Waals surface area contributed by atoms with E-state index in [9.17, 15) is 22.8 Å². The van der Waals surface area contributed by atoms with Crippen molar-refractivity contribution in [2.45, 2.75) is 45.5 Å². The predicted octanol–water partition coefficient (Wildman–Crippen LogP) is 1.39. The Kier molecular flexibility index (Phi) is 4.29. The summed E-state index contributed by atoms with van der Waals surface area (Å²) >= 11 is 0. The number of alkyl halides is 3. The summed E-state index contributed by atoms with van der Waals surface area (Å²) in [5.41, 5.74) is -0.448. The number of aromatic nitrogens is 4. The number of fused-ring (bicyclic) bond motifs is 1. The zero-order chi connectivity index (χ0) is 18.4. The normalized spacial score (nSPS) is 16.2. The van der Waals surface area contributed by atoms with Gasteiger partial charge in [0, 0.05) is 18.3 Å². The van der Waals surface area contributed by atoms with Crippen molar-refractivity contribution in [2.24, 2.45) is 5.92 Å². The minimum Gasteiger partial charge on any atom is -0.329 e. The maximum Gasteiger partial charge on any atom is 0.406 e. The van der Waals surface area contributed by atoms with E-state index in [1.165, 1.54) is 16.9 Å². The average Bonchev–Trinajstić information content (AvgIpc) is 3.30. The van der Waals surface area contributed by atoms with E-state index in [1.54, 1.807) is 13.8 Å². The molecule has 2 aromatic heterocycles. The van der Waals surface area contributed by atoms with Crippen LogP contribution in [0.25, 0.3) is 5.78 Å². The first-order valence-electron chi connectivity index (χ1n) is 7.95. The minimum atomic E-state index is -4.48. The standard InChI is InChI=1S/C15H18F3N5O2/c1-9(11-3-4-11)21(8-15(16,17)18)13(25)7-22-10(2)20-14-19-6-5-12(24)23(14)22/h5-6,9,11H,3-4,7-8H2,1-2H3. The highest BCUT2D eigenvalue weighted by molar-refractivity contribution is 5.76. The Bertz CT molecular complexity index is 853. The van der Waals surface area contributed by atoms with Crippen molar-refractivity contribution in [3.05, 3.63) is 28.4 Å². The van der Waals surface area contributed by atoms with Crippen LogP contribution >= 0.6 is 0 Å². The van der Waals surface area contributed by atoms with Crippen LogP contribution in [-0.4, -0.2) is 48.7 Å². The van der Waals surface area contributed by atoms with Crippen molar-refractivity contribution in [1.29, 1.82) is 0 Å². The van der Waals surface area contributed by atoms with Crippen molar-refractivity contribution in [3.8, 4) is 0 Å². The highest BCUT2D eigenvalue weighted by Gasteiger charge is 2.40. The third-order valence-electron chi connectivity index (χ3n) is 4.43. The molecule has 1 aliphatic carbocycles. The van der Waals surface area contributed by atoms with E-state index in [1.807, 2.05) is 0 Å². The van der Waals surface area contributed by atoms with Crippen molar-refractivity contribution in [3.63, 3.8) is 0 Å². The molecule has 0 spiro atoms. The Morgan fingerprint density at radius 3 is 2.72 bits per heavy atom. The molecule has 25 heavy (non-hydrogen) atoms. The lowest BCUT2D eigenvalue weighted by Crippen LogP contribution is -2.47. The molecule has 1 amide bonds. The van der Waals surface area contributed by atoms with E-state index in [-0.39, 0.29) is 11.7 Å². The molecule has 0 aliphatic heterocycles. The molecule has 0 aromatic carbocycles. The molecule has 10 heteroatoms. The highest BCUT2D eigenvalue weighted by atomic mass is 19.4. The van der Waals surface area contributed by atoms with Crippen LogP contribution in [0.2, 0.25) is 0 Å². The smallest absolute Gasteiger partial charge is 0.329 e. The quantitative estimate of drug-likeness (QED) is 0.811. The lowest BCUT2D eigenvalue weighted by Gasteiger charge is -2.30. The Morgan fingerprint density at radius 1 is 1.44 bits per heavy atom. The van der Waals surface area contributed by atoms with E-state index >= 15 is 0 Å². The summed E-state index contributed by atoms with van der Waals surface area (Å²) in [7, 11) is 0. The van der Waals surface area contributed by atoms with Crippen LogP contribution in [-0.2, 0) is 11.3 Å². The Morgan fingerprint density at radius 2 is 2.12 bits per heavy atom. The lowest BCUT2D eigenvalue weighted by atomic mass is 10.1. The molecule has 0 saturated heterocycles. The first-order valence-corrected chi connectivity index (χ1v) is 7.95. The predicted molar refractivity (Wildman–Crippen MR) is 81.9 cm³/mol. The molecular weight excluding hydrogens is 339 g/mol.